The van der Waals surface area contributed by atoms with Crippen molar-refractivity contribution in [1.29, 1.82) is 0 Å². The van der Waals surface area contributed by atoms with Gasteiger partial charge >= 0.3 is 5.97 Å². The zero-order chi connectivity index (χ0) is 18.4. The Kier molecular flexibility index (Phi) is 5.43. The van der Waals surface area contributed by atoms with Crippen molar-refractivity contribution in [2.45, 2.75) is 19.5 Å². The predicted octanol–water partition coefficient (Wildman–Crippen LogP) is 3.20. The summed E-state index contributed by atoms with van der Waals surface area (Å²) in [6.45, 7) is 0.799. The average Bonchev–Trinajstić information content (AvgIpc) is 3.15. The lowest BCUT2D eigenvalue weighted by molar-refractivity contribution is -0.119. The van der Waals surface area contributed by atoms with Gasteiger partial charge in [-0.15, -0.1) is 0 Å². The number of carbonyl (C=O) groups is 2. The number of aromatic carboxylic acids is 1. The molecule has 0 saturated carbocycles. The smallest absolute Gasteiger partial charge is 0.338 e. The highest BCUT2D eigenvalue weighted by Gasteiger charge is 2.16. The van der Waals surface area contributed by atoms with Gasteiger partial charge < -0.3 is 10.0 Å². The number of amides is 1. The molecule has 0 saturated heterocycles. The molecule has 3 rings (SSSR count). The van der Waals surface area contributed by atoms with Crippen LogP contribution in [0.15, 0.2) is 73.1 Å². The number of rotatable bonds is 7. The highest BCUT2D eigenvalue weighted by Crippen LogP contribution is 2.18. The van der Waals surface area contributed by atoms with E-state index in [9.17, 15) is 9.59 Å². The number of para-hydroxylation sites is 1. The molecule has 0 aliphatic rings. The van der Waals surface area contributed by atoms with Crippen LogP contribution in [0.3, 0.4) is 0 Å². The minimum atomic E-state index is -1.03. The van der Waals surface area contributed by atoms with E-state index in [2.05, 4.69) is 5.10 Å². The van der Waals surface area contributed by atoms with Crippen LogP contribution in [0, 0.1) is 0 Å². The maximum atomic E-state index is 12.8. The summed E-state index contributed by atoms with van der Waals surface area (Å²) in [7, 11) is 0. The third-order valence-corrected chi connectivity index (χ3v) is 3.99. The summed E-state index contributed by atoms with van der Waals surface area (Å²) >= 11 is 0. The van der Waals surface area contributed by atoms with E-state index >= 15 is 0 Å². The first kappa shape index (κ1) is 17.4. The maximum absolute atomic E-state index is 12.8. The molecule has 0 fully saturated rings. The van der Waals surface area contributed by atoms with Gasteiger partial charge in [-0.05, 0) is 17.7 Å². The molecule has 2 aromatic carbocycles. The van der Waals surface area contributed by atoms with Crippen LogP contribution in [0.1, 0.15) is 22.3 Å². The number of hydrogen-bond acceptors (Lipinski definition) is 3. The van der Waals surface area contributed by atoms with Crippen LogP contribution in [0.4, 0.5) is 5.69 Å². The van der Waals surface area contributed by atoms with E-state index in [-0.39, 0.29) is 17.9 Å². The van der Waals surface area contributed by atoms with Gasteiger partial charge in [0.2, 0.25) is 5.91 Å². The third kappa shape index (κ3) is 4.36. The highest BCUT2D eigenvalue weighted by atomic mass is 16.4. The van der Waals surface area contributed by atoms with Crippen molar-refractivity contribution in [3.05, 3.63) is 84.2 Å². The van der Waals surface area contributed by atoms with Crippen LogP contribution in [0.5, 0.6) is 0 Å². The molecule has 1 aromatic heterocycles. The Morgan fingerprint density at radius 1 is 1.00 bits per heavy atom. The second-order valence-electron chi connectivity index (χ2n) is 5.85. The fourth-order valence-corrected chi connectivity index (χ4v) is 2.64. The molecule has 0 bridgehead atoms. The summed E-state index contributed by atoms with van der Waals surface area (Å²) in [6.07, 6.45) is 2.94. The maximum Gasteiger partial charge on any atom is 0.338 e. The first-order valence-corrected chi connectivity index (χ1v) is 8.28. The minimum Gasteiger partial charge on any atom is -0.478 e. The van der Waals surface area contributed by atoms with Crippen LogP contribution < -0.4 is 4.90 Å². The second kappa shape index (κ2) is 8.11. The number of carboxylic acids is 1. The van der Waals surface area contributed by atoms with Crippen molar-refractivity contribution >= 4 is 17.6 Å². The minimum absolute atomic E-state index is 0.0487. The average molecular weight is 349 g/mol. The number of carbonyl (C=O) groups excluding carboxylic acids is 1. The van der Waals surface area contributed by atoms with Crippen LogP contribution >= 0.6 is 0 Å². The summed E-state index contributed by atoms with van der Waals surface area (Å²) in [4.78, 5) is 25.5. The SMILES string of the molecule is O=C(O)c1cnn(CCC(=O)N(Cc2ccccc2)c2ccccc2)c1. The summed E-state index contributed by atoms with van der Waals surface area (Å²) in [5.74, 6) is -1.08. The molecular weight excluding hydrogens is 330 g/mol. The molecule has 1 amide bonds. The second-order valence-corrected chi connectivity index (χ2v) is 5.85. The zero-order valence-corrected chi connectivity index (χ0v) is 14.2. The van der Waals surface area contributed by atoms with Crippen molar-refractivity contribution in [2.75, 3.05) is 4.90 Å². The topological polar surface area (TPSA) is 75.4 Å². The number of carboxylic acid groups (broad SMARTS) is 1. The summed E-state index contributed by atoms with van der Waals surface area (Å²) in [5, 5.41) is 12.9. The number of nitrogens with zero attached hydrogens (tertiary/aromatic N) is 3. The quantitative estimate of drug-likeness (QED) is 0.711. The molecule has 132 valence electrons. The molecule has 0 atom stereocenters. The molecule has 3 aromatic rings. The molecule has 0 radical (unpaired) electrons. The van der Waals surface area contributed by atoms with Crippen molar-refractivity contribution in [3.63, 3.8) is 0 Å². The van der Waals surface area contributed by atoms with Crippen LogP contribution in [0.2, 0.25) is 0 Å². The Hall–Kier alpha value is -3.41. The Bertz CT molecular complexity index is 876. The summed E-state index contributed by atoms with van der Waals surface area (Å²) in [5.41, 5.74) is 1.98. The Balaban J connectivity index is 1.73. The Labute approximate surface area is 151 Å². The lowest BCUT2D eigenvalue weighted by atomic mass is 10.2. The van der Waals surface area contributed by atoms with E-state index < -0.39 is 5.97 Å². The van der Waals surface area contributed by atoms with Gasteiger partial charge in [-0.2, -0.15) is 5.10 Å². The van der Waals surface area contributed by atoms with Gasteiger partial charge in [0.15, 0.2) is 0 Å². The molecule has 0 unspecified atom stereocenters. The van der Waals surface area contributed by atoms with Gasteiger partial charge in [-0.3, -0.25) is 9.48 Å². The standard InChI is InChI=1S/C20H19N3O3/c24-19(11-12-22-15-17(13-21-22)20(25)26)23(18-9-5-2-6-10-18)14-16-7-3-1-4-8-16/h1-10,13,15H,11-12,14H2,(H,25,26). The van der Waals surface area contributed by atoms with Crippen molar-refractivity contribution in [1.82, 2.24) is 9.78 Å². The lowest BCUT2D eigenvalue weighted by Crippen LogP contribution is -2.31. The molecule has 0 spiro atoms. The van der Waals surface area contributed by atoms with Gasteiger partial charge in [0.05, 0.1) is 18.3 Å². The summed E-state index contributed by atoms with van der Waals surface area (Å²) in [6, 6.07) is 19.3. The van der Waals surface area contributed by atoms with Gasteiger partial charge in [0.25, 0.3) is 0 Å². The van der Waals surface area contributed by atoms with Gasteiger partial charge in [0.1, 0.15) is 0 Å². The normalized spacial score (nSPS) is 10.5. The molecular formula is C20H19N3O3. The molecule has 6 nitrogen and oxygen atoms in total. The highest BCUT2D eigenvalue weighted by molar-refractivity contribution is 5.93. The molecule has 1 N–H and O–H groups in total. The van der Waals surface area contributed by atoms with Crippen molar-refractivity contribution in [3.8, 4) is 0 Å². The number of aryl methyl sites for hydroxylation is 1. The van der Waals surface area contributed by atoms with E-state index in [0.29, 0.717) is 13.1 Å². The lowest BCUT2D eigenvalue weighted by Gasteiger charge is -2.23. The molecule has 1 heterocycles. The van der Waals surface area contributed by atoms with Gasteiger partial charge in [0, 0.05) is 24.8 Å². The first-order chi connectivity index (χ1) is 12.6. The largest absolute Gasteiger partial charge is 0.478 e. The number of aromatic nitrogens is 2. The van der Waals surface area contributed by atoms with E-state index in [1.165, 1.54) is 17.1 Å². The Morgan fingerprint density at radius 3 is 2.27 bits per heavy atom. The van der Waals surface area contributed by atoms with E-state index in [4.69, 9.17) is 5.11 Å². The zero-order valence-electron chi connectivity index (χ0n) is 14.2. The molecule has 6 heteroatoms. The van der Waals surface area contributed by atoms with Crippen LogP contribution in [-0.2, 0) is 17.9 Å². The van der Waals surface area contributed by atoms with Crippen LogP contribution in [0.25, 0.3) is 0 Å². The monoisotopic (exact) mass is 349 g/mol. The number of benzene rings is 2. The van der Waals surface area contributed by atoms with Crippen molar-refractivity contribution < 1.29 is 14.7 Å². The molecule has 0 aliphatic carbocycles. The van der Waals surface area contributed by atoms with Gasteiger partial charge in [-0.1, -0.05) is 48.5 Å². The number of hydrogen-bond donors (Lipinski definition) is 1. The fourth-order valence-electron chi connectivity index (χ4n) is 2.64. The fraction of sp³-hybridized carbons (Fsp3) is 0.150. The van der Waals surface area contributed by atoms with Crippen LogP contribution in [-0.4, -0.2) is 26.8 Å². The van der Waals surface area contributed by atoms with E-state index in [1.54, 1.807) is 4.90 Å². The van der Waals surface area contributed by atoms with E-state index in [1.807, 2.05) is 60.7 Å². The number of anilines is 1. The molecule has 0 aliphatic heterocycles. The summed E-state index contributed by atoms with van der Waals surface area (Å²) < 4.78 is 1.48. The predicted molar refractivity (Wildman–Crippen MR) is 97.9 cm³/mol. The van der Waals surface area contributed by atoms with Crippen molar-refractivity contribution in [2.24, 2.45) is 0 Å². The first-order valence-electron chi connectivity index (χ1n) is 8.28. The third-order valence-electron chi connectivity index (χ3n) is 3.99. The van der Waals surface area contributed by atoms with E-state index in [0.717, 1.165) is 11.3 Å². The van der Waals surface area contributed by atoms with Gasteiger partial charge in [-0.25, -0.2) is 4.79 Å². The Morgan fingerprint density at radius 2 is 1.65 bits per heavy atom. The molecule has 26 heavy (non-hydrogen) atoms.